The molecule has 1 aromatic heterocycles. The number of rotatable bonds is 7. The van der Waals surface area contributed by atoms with Crippen molar-refractivity contribution in [1.82, 2.24) is 14.9 Å². The number of carbonyl (C=O) groups excluding carboxylic acids is 1. The summed E-state index contributed by atoms with van der Waals surface area (Å²) in [5.41, 5.74) is 3.61. The second-order valence-electron chi connectivity index (χ2n) is 6.36. The number of hydrogen-bond donors (Lipinski definition) is 0. The smallest absolute Gasteiger partial charge is 0.305 e. The van der Waals surface area contributed by atoms with Gasteiger partial charge in [0.1, 0.15) is 5.82 Å². The third-order valence-corrected chi connectivity index (χ3v) is 4.43. The molecule has 5 heteroatoms. The molecule has 0 unspecified atom stereocenters. The molecule has 1 aromatic carbocycles. The average Bonchev–Trinajstić information content (AvgIpc) is 2.63. The largest absolute Gasteiger partial charge is 0.466 e. The first-order valence-electron chi connectivity index (χ1n) is 9.00. The highest BCUT2D eigenvalue weighted by Gasteiger charge is 2.18. The van der Waals surface area contributed by atoms with E-state index < -0.39 is 0 Å². The fourth-order valence-corrected chi connectivity index (χ4v) is 3.15. The van der Waals surface area contributed by atoms with Gasteiger partial charge in [-0.3, -0.25) is 9.69 Å². The molecule has 0 N–H and O–H groups in total. The monoisotopic (exact) mass is 339 g/mol. The van der Waals surface area contributed by atoms with Gasteiger partial charge >= 0.3 is 5.97 Å². The van der Waals surface area contributed by atoms with Gasteiger partial charge in [-0.25, -0.2) is 9.97 Å². The third-order valence-electron chi connectivity index (χ3n) is 4.43. The Morgan fingerprint density at radius 1 is 1.28 bits per heavy atom. The van der Waals surface area contributed by atoms with E-state index in [1.165, 1.54) is 16.8 Å². The molecule has 0 radical (unpaired) electrons. The van der Waals surface area contributed by atoms with Crippen LogP contribution in [0, 0.1) is 0 Å². The van der Waals surface area contributed by atoms with Crippen molar-refractivity contribution in [3.05, 3.63) is 59.2 Å². The Kier molecular flexibility index (Phi) is 6.12. The van der Waals surface area contributed by atoms with Crippen LogP contribution in [0.25, 0.3) is 0 Å². The third kappa shape index (κ3) is 5.10. The van der Waals surface area contributed by atoms with Gasteiger partial charge in [-0.05, 0) is 25.5 Å². The van der Waals surface area contributed by atoms with Gasteiger partial charge < -0.3 is 4.74 Å². The second-order valence-corrected chi connectivity index (χ2v) is 6.36. The van der Waals surface area contributed by atoms with Gasteiger partial charge in [0.15, 0.2) is 0 Å². The fraction of sp³-hybridized carbons (Fsp3) is 0.450. The molecule has 0 aliphatic carbocycles. The van der Waals surface area contributed by atoms with E-state index in [9.17, 15) is 4.79 Å². The van der Waals surface area contributed by atoms with Crippen LogP contribution in [0.15, 0.2) is 36.5 Å². The lowest BCUT2D eigenvalue weighted by Gasteiger charge is -2.27. The zero-order chi connectivity index (χ0) is 17.5. The molecule has 2 heterocycles. The van der Waals surface area contributed by atoms with Crippen molar-refractivity contribution in [1.29, 1.82) is 0 Å². The maximum Gasteiger partial charge on any atom is 0.305 e. The summed E-state index contributed by atoms with van der Waals surface area (Å²) in [6.07, 6.45) is 5.01. The van der Waals surface area contributed by atoms with Crippen molar-refractivity contribution in [3.63, 3.8) is 0 Å². The van der Waals surface area contributed by atoms with E-state index >= 15 is 0 Å². The number of ether oxygens (including phenoxy) is 1. The normalized spacial score (nSPS) is 14.1. The number of nitrogens with zero attached hydrogens (tertiary/aromatic N) is 3. The van der Waals surface area contributed by atoms with Gasteiger partial charge in [-0.1, -0.05) is 30.3 Å². The zero-order valence-electron chi connectivity index (χ0n) is 14.8. The first-order chi connectivity index (χ1) is 12.2. The van der Waals surface area contributed by atoms with E-state index in [1.807, 2.05) is 31.3 Å². The summed E-state index contributed by atoms with van der Waals surface area (Å²) in [6.45, 7) is 5.05. The summed E-state index contributed by atoms with van der Waals surface area (Å²) in [6, 6.07) is 10.3. The van der Waals surface area contributed by atoms with Crippen LogP contribution in [0.3, 0.4) is 0 Å². The van der Waals surface area contributed by atoms with E-state index in [0.29, 0.717) is 13.0 Å². The fourth-order valence-electron chi connectivity index (χ4n) is 3.15. The Bertz CT molecular complexity index is 703. The molecule has 0 amide bonds. The molecule has 132 valence electrons. The lowest BCUT2D eigenvalue weighted by Crippen LogP contribution is -2.32. The highest BCUT2D eigenvalue weighted by atomic mass is 16.5. The van der Waals surface area contributed by atoms with Crippen molar-refractivity contribution in [2.75, 3.05) is 19.7 Å². The predicted octanol–water partition coefficient (Wildman–Crippen LogP) is 2.77. The summed E-state index contributed by atoms with van der Waals surface area (Å²) in [5, 5.41) is 0. The number of benzene rings is 1. The predicted molar refractivity (Wildman–Crippen MR) is 96.1 cm³/mol. The lowest BCUT2D eigenvalue weighted by atomic mass is 10.1. The van der Waals surface area contributed by atoms with Crippen LogP contribution in [0.5, 0.6) is 0 Å². The van der Waals surface area contributed by atoms with Crippen molar-refractivity contribution in [3.8, 4) is 0 Å². The molecule has 1 aliphatic rings. The molecule has 0 bridgehead atoms. The standard InChI is InChI=1S/C20H25N3O2/c1-2-25-20(24)9-6-11-23-12-10-18-17(15-23)14-21-19(22-18)13-16-7-4-3-5-8-16/h3-5,7-8,14H,2,6,9-13,15H2,1H3. The first kappa shape index (κ1) is 17.5. The van der Waals surface area contributed by atoms with Crippen molar-refractivity contribution in [2.45, 2.75) is 39.2 Å². The molecule has 0 spiro atoms. The van der Waals surface area contributed by atoms with Gasteiger partial charge in [-0.15, -0.1) is 0 Å². The highest BCUT2D eigenvalue weighted by molar-refractivity contribution is 5.69. The summed E-state index contributed by atoms with van der Waals surface area (Å²) in [4.78, 5) is 23.1. The van der Waals surface area contributed by atoms with Crippen LogP contribution >= 0.6 is 0 Å². The maximum absolute atomic E-state index is 11.4. The maximum atomic E-state index is 11.4. The van der Waals surface area contributed by atoms with Gasteiger partial charge in [0, 0.05) is 49.8 Å². The molecule has 25 heavy (non-hydrogen) atoms. The Balaban J connectivity index is 1.53. The van der Waals surface area contributed by atoms with Crippen LogP contribution in [0.1, 0.15) is 42.4 Å². The van der Waals surface area contributed by atoms with Crippen molar-refractivity contribution < 1.29 is 9.53 Å². The van der Waals surface area contributed by atoms with E-state index in [2.05, 4.69) is 22.0 Å². The molecule has 0 saturated heterocycles. The van der Waals surface area contributed by atoms with Crippen LogP contribution in [0.2, 0.25) is 0 Å². The summed E-state index contributed by atoms with van der Waals surface area (Å²) >= 11 is 0. The molecular formula is C20H25N3O2. The number of carbonyl (C=O) groups is 1. The number of aromatic nitrogens is 2. The lowest BCUT2D eigenvalue weighted by molar-refractivity contribution is -0.143. The summed E-state index contributed by atoms with van der Waals surface area (Å²) in [5.74, 6) is 0.787. The Morgan fingerprint density at radius 2 is 2.12 bits per heavy atom. The van der Waals surface area contributed by atoms with E-state index in [1.54, 1.807) is 0 Å². The minimum absolute atomic E-state index is 0.103. The van der Waals surface area contributed by atoms with Crippen LogP contribution in [-0.2, 0) is 28.9 Å². The highest BCUT2D eigenvalue weighted by Crippen LogP contribution is 2.18. The van der Waals surface area contributed by atoms with Crippen LogP contribution in [0.4, 0.5) is 0 Å². The first-order valence-corrected chi connectivity index (χ1v) is 9.00. The molecular weight excluding hydrogens is 314 g/mol. The zero-order valence-corrected chi connectivity index (χ0v) is 14.8. The van der Waals surface area contributed by atoms with Crippen LogP contribution in [-0.4, -0.2) is 40.5 Å². The SMILES string of the molecule is CCOC(=O)CCCN1CCc2nc(Cc3ccccc3)ncc2C1. The molecule has 1 aliphatic heterocycles. The average molecular weight is 339 g/mol. The Hall–Kier alpha value is -2.27. The van der Waals surface area contributed by atoms with Crippen LogP contribution < -0.4 is 0 Å². The van der Waals surface area contributed by atoms with Gasteiger partial charge in [0.05, 0.1) is 6.61 Å². The summed E-state index contributed by atoms with van der Waals surface area (Å²) in [7, 11) is 0. The van der Waals surface area contributed by atoms with E-state index in [4.69, 9.17) is 9.72 Å². The number of fused-ring (bicyclic) bond motifs is 1. The quantitative estimate of drug-likeness (QED) is 0.726. The van der Waals surface area contributed by atoms with Crippen molar-refractivity contribution in [2.24, 2.45) is 0 Å². The minimum Gasteiger partial charge on any atom is -0.466 e. The topological polar surface area (TPSA) is 55.3 Å². The molecule has 3 rings (SSSR count). The van der Waals surface area contributed by atoms with E-state index in [0.717, 1.165) is 44.7 Å². The van der Waals surface area contributed by atoms with Gasteiger partial charge in [0.2, 0.25) is 0 Å². The van der Waals surface area contributed by atoms with Gasteiger partial charge in [0.25, 0.3) is 0 Å². The van der Waals surface area contributed by atoms with Gasteiger partial charge in [-0.2, -0.15) is 0 Å². The molecule has 0 atom stereocenters. The second kappa shape index (κ2) is 8.72. The number of hydrogen-bond acceptors (Lipinski definition) is 5. The molecule has 0 fully saturated rings. The minimum atomic E-state index is -0.103. The molecule has 2 aromatic rings. The molecule has 5 nitrogen and oxygen atoms in total. The Labute approximate surface area is 149 Å². The summed E-state index contributed by atoms with van der Waals surface area (Å²) < 4.78 is 4.97. The van der Waals surface area contributed by atoms with E-state index in [-0.39, 0.29) is 5.97 Å². The Morgan fingerprint density at radius 3 is 2.92 bits per heavy atom. The molecule has 0 saturated carbocycles. The van der Waals surface area contributed by atoms with Crippen molar-refractivity contribution >= 4 is 5.97 Å². The number of esters is 1.